The second-order valence-electron chi connectivity index (χ2n) is 7.84. The van der Waals surface area contributed by atoms with Gasteiger partial charge >= 0.3 is 0 Å². The van der Waals surface area contributed by atoms with E-state index < -0.39 is 0 Å². The van der Waals surface area contributed by atoms with Crippen molar-refractivity contribution in [1.82, 2.24) is 14.8 Å². The van der Waals surface area contributed by atoms with Crippen molar-refractivity contribution in [2.45, 2.75) is 31.2 Å². The van der Waals surface area contributed by atoms with Gasteiger partial charge in [-0.05, 0) is 31.9 Å². The number of allylic oxidation sites excluding steroid dienone is 4. The summed E-state index contributed by atoms with van der Waals surface area (Å²) in [6, 6.07) is 5.97. The van der Waals surface area contributed by atoms with Crippen molar-refractivity contribution in [2.75, 3.05) is 38.5 Å². The third-order valence-electron chi connectivity index (χ3n) is 5.57. The molecule has 0 spiro atoms. The Balaban J connectivity index is 1.18. The SMILES string of the molecule is Cc1ccc(C#N)c(SCCN2CCN(C3=COC(CC4=CC=CCC4)=CO3)CC2)n1. The van der Waals surface area contributed by atoms with Crippen LogP contribution in [0.4, 0.5) is 0 Å². The van der Waals surface area contributed by atoms with Crippen LogP contribution in [0.5, 0.6) is 0 Å². The molecule has 0 bridgehead atoms. The number of nitriles is 1. The van der Waals surface area contributed by atoms with Gasteiger partial charge in [-0.15, -0.1) is 11.8 Å². The van der Waals surface area contributed by atoms with Gasteiger partial charge in [-0.25, -0.2) is 4.98 Å². The highest BCUT2D eigenvalue weighted by molar-refractivity contribution is 7.99. The Kier molecular flexibility index (Phi) is 7.34. The van der Waals surface area contributed by atoms with Crippen LogP contribution in [0.15, 0.2) is 65.1 Å². The summed E-state index contributed by atoms with van der Waals surface area (Å²) in [5.74, 6) is 2.57. The van der Waals surface area contributed by atoms with Gasteiger partial charge in [0.1, 0.15) is 23.1 Å². The lowest BCUT2D eigenvalue weighted by Crippen LogP contribution is -2.46. The van der Waals surface area contributed by atoms with E-state index in [0.29, 0.717) is 5.56 Å². The molecule has 3 heterocycles. The van der Waals surface area contributed by atoms with Gasteiger partial charge in [-0.2, -0.15) is 5.26 Å². The summed E-state index contributed by atoms with van der Waals surface area (Å²) in [6.45, 7) is 6.70. The van der Waals surface area contributed by atoms with Crippen molar-refractivity contribution in [3.63, 3.8) is 0 Å². The van der Waals surface area contributed by atoms with E-state index >= 15 is 0 Å². The molecule has 0 amide bonds. The number of aromatic nitrogens is 1. The fraction of sp³-hybridized carbons (Fsp3) is 0.417. The van der Waals surface area contributed by atoms with E-state index in [0.717, 1.165) is 80.1 Å². The predicted molar refractivity (Wildman–Crippen MR) is 122 cm³/mol. The fourth-order valence-electron chi connectivity index (χ4n) is 3.75. The van der Waals surface area contributed by atoms with Crippen LogP contribution in [0.3, 0.4) is 0 Å². The molecular weight excluding hydrogens is 408 g/mol. The average molecular weight is 437 g/mol. The highest BCUT2D eigenvalue weighted by atomic mass is 32.2. The van der Waals surface area contributed by atoms with Crippen molar-refractivity contribution in [2.24, 2.45) is 0 Å². The molecule has 4 rings (SSSR count). The number of aryl methyl sites for hydroxylation is 1. The smallest absolute Gasteiger partial charge is 0.231 e. The maximum atomic E-state index is 9.25. The minimum Gasteiger partial charge on any atom is -0.460 e. The Morgan fingerprint density at radius 1 is 1.16 bits per heavy atom. The first-order valence-corrected chi connectivity index (χ1v) is 11.7. The summed E-state index contributed by atoms with van der Waals surface area (Å²) in [5.41, 5.74) is 2.98. The van der Waals surface area contributed by atoms with E-state index in [4.69, 9.17) is 9.47 Å². The summed E-state index contributed by atoms with van der Waals surface area (Å²) >= 11 is 1.66. The average Bonchev–Trinajstić information content (AvgIpc) is 2.81. The number of ether oxygens (including phenoxy) is 2. The largest absolute Gasteiger partial charge is 0.460 e. The number of pyridine rings is 1. The van der Waals surface area contributed by atoms with Gasteiger partial charge in [-0.3, -0.25) is 4.90 Å². The molecule has 0 saturated carbocycles. The Morgan fingerprint density at radius 2 is 2.03 bits per heavy atom. The third-order valence-corrected chi connectivity index (χ3v) is 6.55. The van der Waals surface area contributed by atoms with E-state index in [1.54, 1.807) is 24.3 Å². The lowest BCUT2D eigenvalue weighted by atomic mass is 10.0. The van der Waals surface area contributed by atoms with Gasteiger partial charge < -0.3 is 14.4 Å². The molecule has 0 radical (unpaired) electrons. The second kappa shape index (κ2) is 10.6. The monoisotopic (exact) mass is 436 g/mol. The van der Waals surface area contributed by atoms with Crippen molar-refractivity contribution in [3.8, 4) is 6.07 Å². The summed E-state index contributed by atoms with van der Waals surface area (Å²) in [5, 5.41) is 10.1. The molecule has 1 aromatic rings. The van der Waals surface area contributed by atoms with E-state index in [2.05, 4.69) is 39.1 Å². The number of hydrogen-bond donors (Lipinski definition) is 0. The lowest BCUT2D eigenvalue weighted by Gasteiger charge is -2.36. The van der Waals surface area contributed by atoms with Gasteiger partial charge in [0.15, 0.2) is 6.26 Å². The topological polar surface area (TPSA) is 61.6 Å². The molecule has 0 unspecified atom stereocenters. The van der Waals surface area contributed by atoms with Crippen LogP contribution in [0.25, 0.3) is 0 Å². The maximum absolute atomic E-state index is 9.25. The standard InChI is InChI=1S/C24H28N4O2S/c1-19-7-8-21(16-25)24(26-19)31-14-13-27-9-11-28(12-10-27)23-18-29-22(17-30-23)15-20-5-3-2-4-6-20/h2-3,5,7-8,17-18H,4,6,9-15H2,1H3. The Morgan fingerprint density at radius 3 is 2.74 bits per heavy atom. The van der Waals surface area contributed by atoms with Gasteiger partial charge in [-0.1, -0.05) is 23.8 Å². The number of rotatable bonds is 7. The second-order valence-corrected chi connectivity index (χ2v) is 8.92. The van der Waals surface area contributed by atoms with Crippen LogP contribution in [0.1, 0.15) is 30.5 Å². The minimum absolute atomic E-state index is 0.658. The van der Waals surface area contributed by atoms with Crippen LogP contribution >= 0.6 is 11.8 Å². The molecule has 6 nitrogen and oxygen atoms in total. The lowest BCUT2D eigenvalue weighted by molar-refractivity contribution is 0.0853. The van der Waals surface area contributed by atoms with Crippen LogP contribution < -0.4 is 0 Å². The molecule has 3 aliphatic rings. The molecular formula is C24H28N4O2S. The van der Waals surface area contributed by atoms with Crippen LogP contribution in [-0.4, -0.2) is 53.3 Å². The van der Waals surface area contributed by atoms with Gasteiger partial charge in [0.05, 0.1) is 5.56 Å². The van der Waals surface area contributed by atoms with E-state index in [1.807, 2.05) is 19.1 Å². The molecule has 1 fully saturated rings. The van der Waals surface area contributed by atoms with Crippen molar-refractivity contribution < 1.29 is 9.47 Å². The number of nitrogens with zero attached hydrogens (tertiary/aromatic N) is 4. The first-order chi connectivity index (χ1) is 15.2. The summed E-state index contributed by atoms with van der Waals surface area (Å²) in [6.07, 6.45) is 13.0. The molecule has 0 aromatic carbocycles. The first kappa shape index (κ1) is 21.5. The molecule has 0 atom stereocenters. The molecule has 31 heavy (non-hydrogen) atoms. The van der Waals surface area contributed by atoms with Crippen LogP contribution in [-0.2, 0) is 9.47 Å². The van der Waals surface area contributed by atoms with E-state index in [-0.39, 0.29) is 0 Å². The summed E-state index contributed by atoms with van der Waals surface area (Å²) < 4.78 is 11.7. The quantitative estimate of drug-likeness (QED) is 0.590. The van der Waals surface area contributed by atoms with E-state index in [9.17, 15) is 5.26 Å². The number of piperazine rings is 1. The van der Waals surface area contributed by atoms with E-state index in [1.165, 1.54) is 5.57 Å². The molecule has 7 heteroatoms. The van der Waals surface area contributed by atoms with Gasteiger partial charge in [0, 0.05) is 50.6 Å². The van der Waals surface area contributed by atoms with Crippen molar-refractivity contribution in [1.29, 1.82) is 5.26 Å². The number of hydrogen-bond acceptors (Lipinski definition) is 7. The van der Waals surface area contributed by atoms with Gasteiger partial charge in [0.25, 0.3) is 0 Å². The summed E-state index contributed by atoms with van der Waals surface area (Å²) in [4.78, 5) is 9.18. The Labute approximate surface area is 188 Å². The molecule has 1 aliphatic carbocycles. The van der Waals surface area contributed by atoms with Crippen LogP contribution in [0.2, 0.25) is 0 Å². The maximum Gasteiger partial charge on any atom is 0.231 e. The molecule has 0 N–H and O–H groups in total. The predicted octanol–water partition coefficient (Wildman–Crippen LogP) is 4.33. The first-order valence-electron chi connectivity index (χ1n) is 10.8. The molecule has 1 aromatic heterocycles. The van der Waals surface area contributed by atoms with Crippen LogP contribution in [0, 0.1) is 18.3 Å². The molecule has 2 aliphatic heterocycles. The zero-order valence-electron chi connectivity index (χ0n) is 17.9. The molecule has 162 valence electrons. The zero-order valence-corrected chi connectivity index (χ0v) is 18.7. The normalized spacial score (nSPS) is 19.0. The third kappa shape index (κ3) is 5.93. The Bertz CT molecular complexity index is 953. The van der Waals surface area contributed by atoms with Gasteiger partial charge in [0.2, 0.25) is 5.88 Å². The van der Waals surface area contributed by atoms with Crippen molar-refractivity contribution in [3.05, 3.63) is 71.4 Å². The summed E-state index contributed by atoms with van der Waals surface area (Å²) in [7, 11) is 0. The number of thioether (sulfide) groups is 1. The minimum atomic E-state index is 0.658. The highest BCUT2D eigenvalue weighted by Gasteiger charge is 2.22. The molecule has 1 saturated heterocycles. The Hall–Kier alpha value is -2.69. The zero-order chi connectivity index (χ0) is 21.5. The van der Waals surface area contributed by atoms with Crippen molar-refractivity contribution >= 4 is 11.8 Å². The fourth-order valence-corrected chi connectivity index (χ4v) is 4.78. The highest BCUT2D eigenvalue weighted by Crippen LogP contribution is 2.25.